The maximum atomic E-state index is 8.29. The van der Waals surface area contributed by atoms with Gasteiger partial charge in [-0.2, -0.15) is 8.42 Å². The van der Waals surface area contributed by atoms with Crippen LogP contribution in [-0.2, 0) is 11.6 Å². The van der Waals surface area contributed by atoms with Crippen LogP contribution < -0.4 is 0 Å². The molecule has 0 saturated heterocycles. The second-order valence-corrected chi connectivity index (χ2v) is 0.204. The molecule has 0 heterocycles. The van der Waals surface area contributed by atoms with Gasteiger partial charge in [0.05, 0.1) is 0 Å². The SMILES string of the molecule is O=S=O.[InH3]. The van der Waals surface area contributed by atoms with Crippen molar-refractivity contribution in [1.29, 1.82) is 0 Å². The Morgan fingerprint density at radius 2 is 1.25 bits per heavy atom. The second-order valence-electron chi connectivity index (χ2n) is 0.0680. The fourth-order valence-corrected chi connectivity index (χ4v) is 0. The molecular weight excluding hydrogens is 179 g/mol. The van der Waals surface area contributed by atoms with E-state index in [1.807, 2.05) is 0 Å². The molecule has 0 rings (SSSR count). The molecule has 0 amide bonds. The van der Waals surface area contributed by atoms with Crippen LogP contribution in [0.2, 0.25) is 0 Å². The van der Waals surface area contributed by atoms with E-state index >= 15 is 0 Å². The van der Waals surface area contributed by atoms with Crippen LogP contribution in [0.4, 0.5) is 0 Å². The van der Waals surface area contributed by atoms with Crippen molar-refractivity contribution in [1.82, 2.24) is 0 Å². The second kappa shape index (κ2) is 9.35. The molecule has 0 aromatic heterocycles. The normalized spacial score (nSPS) is 3.00. The third kappa shape index (κ3) is 16.1. The molecule has 0 atom stereocenters. The molecule has 24 valence electrons. The van der Waals surface area contributed by atoms with Crippen LogP contribution in [0.25, 0.3) is 0 Å². The minimum atomic E-state index is -0.750. The molecule has 0 aromatic carbocycles. The summed E-state index contributed by atoms with van der Waals surface area (Å²) >= 11 is -0.750. The van der Waals surface area contributed by atoms with Crippen molar-refractivity contribution in [2.75, 3.05) is 0 Å². The summed E-state index contributed by atoms with van der Waals surface area (Å²) in [7, 11) is 0. The topological polar surface area (TPSA) is 34.1 Å². The Morgan fingerprint density at radius 1 is 1.25 bits per heavy atom. The van der Waals surface area contributed by atoms with E-state index in [-0.39, 0.29) is 25.8 Å². The van der Waals surface area contributed by atoms with Crippen molar-refractivity contribution >= 4 is 37.4 Å². The summed E-state index contributed by atoms with van der Waals surface area (Å²) in [4.78, 5) is 0. The van der Waals surface area contributed by atoms with E-state index in [2.05, 4.69) is 0 Å². The van der Waals surface area contributed by atoms with E-state index in [0.717, 1.165) is 0 Å². The molecule has 0 spiro atoms. The predicted molar refractivity (Wildman–Crippen MR) is 18.9 cm³/mol. The van der Waals surface area contributed by atoms with Crippen molar-refractivity contribution in [2.45, 2.75) is 0 Å². The Balaban J connectivity index is 0. The maximum absolute atomic E-state index is 8.29. The molecule has 0 bridgehead atoms. The van der Waals surface area contributed by atoms with E-state index in [1.54, 1.807) is 0 Å². The molecule has 0 saturated carbocycles. The van der Waals surface area contributed by atoms with Crippen LogP contribution >= 0.6 is 0 Å². The fraction of sp³-hybridized carbons (Fsp3) is 0. The molecule has 0 unspecified atom stereocenters. The molecule has 0 aliphatic carbocycles. The van der Waals surface area contributed by atoms with Crippen molar-refractivity contribution in [3.05, 3.63) is 0 Å². The summed E-state index contributed by atoms with van der Waals surface area (Å²) in [5.74, 6) is 0. The van der Waals surface area contributed by atoms with Gasteiger partial charge in [-0.05, 0) is 0 Å². The van der Waals surface area contributed by atoms with Gasteiger partial charge >= 0.3 is 37.4 Å². The Bertz CT molecular complexity index is 27.0. The number of hydrogen-bond donors (Lipinski definition) is 0. The molecule has 2 nitrogen and oxygen atoms in total. The van der Waals surface area contributed by atoms with E-state index in [9.17, 15) is 0 Å². The van der Waals surface area contributed by atoms with Gasteiger partial charge in [0.1, 0.15) is 0 Å². The Hall–Kier alpha value is 0.690. The average molecular weight is 182 g/mol. The van der Waals surface area contributed by atoms with E-state index in [1.165, 1.54) is 0 Å². The van der Waals surface area contributed by atoms with Crippen molar-refractivity contribution in [2.24, 2.45) is 0 Å². The van der Waals surface area contributed by atoms with Gasteiger partial charge in [0.15, 0.2) is 0 Å². The Morgan fingerprint density at radius 3 is 1.25 bits per heavy atom. The van der Waals surface area contributed by atoms with Crippen LogP contribution in [0.3, 0.4) is 0 Å². The molecule has 0 fully saturated rings. The van der Waals surface area contributed by atoms with Crippen LogP contribution in [0, 0.1) is 0 Å². The molecule has 0 N–H and O–H groups in total. The van der Waals surface area contributed by atoms with Crippen LogP contribution in [0.1, 0.15) is 0 Å². The molecule has 0 radical (unpaired) electrons. The summed E-state index contributed by atoms with van der Waals surface area (Å²) in [5, 5.41) is 0. The van der Waals surface area contributed by atoms with Gasteiger partial charge in [-0.1, -0.05) is 0 Å². The molecule has 0 aromatic rings. The van der Waals surface area contributed by atoms with Crippen molar-refractivity contribution < 1.29 is 8.42 Å². The molecule has 0 aliphatic rings. The summed E-state index contributed by atoms with van der Waals surface area (Å²) in [6.45, 7) is 0. The summed E-state index contributed by atoms with van der Waals surface area (Å²) in [6, 6.07) is 0. The van der Waals surface area contributed by atoms with Gasteiger partial charge in [0.2, 0.25) is 0 Å². The van der Waals surface area contributed by atoms with Crippen molar-refractivity contribution in [3.8, 4) is 0 Å². The summed E-state index contributed by atoms with van der Waals surface area (Å²) in [6.07, 6.45) is 0. The third-order valence-corrected chi connectivity index (χ3v) is 0. The number of rotatable bonds is 0. The quantitative estimate of drug-likeness (QED) is 0.440. The van der Waals surface area contributed by atoms with E-state index in [4.69, 9.17) is 8.42 Å². The first-order chi connectivity index (χ1) is 1.41. The first kappa shape index (κ1) is 8.83. The predicted octanol–water partition coefficient (Wildman–Crippen LogP) is -1.85. The molecule has 4 heavy (non-hydrogen) atoms. The van der Waals surface area contributed by atoms with Gasteiger partial charge in [0, 0.05) is 0 Å². The summed E-state index contributed by atoms with van der Waals surface area (Å²) < 4.78 is 16.6. The Labute approximate surface area is 46.0 Å². The van der Waals surface area contributed by atoms with Gasteiger partial charge in [-0.3, -0.25) is 0 Å². The van der Waals surface area contributed by atoms with E-state index < -0.39 is 11.6 Å². The minimum absolute atomic E-state index is 0. The van der Waals surface area contributed by atoms with Crippen LogP contribution in [0.5, 0.6) is 0 Å². The zero-order valence-corrected chi connectivity index (χ0v) is 2.04. The van der Waals surface area contributed by atoms with Gasteiger partial charge in [0.25, 0.3) is 0 Å². The van der Waals surface area contributed by atoms with Crippen LogP contribution in [0.15, 0.2) is 0 Å². The molecule has 4 heteroatoms. The first-order valence-electron chi connectivity index (χ1n) is 0.333. The summed E-state index contributed by atoms with van der Waals surface area (Å²) in [5.41, 5.74) is 0. The van der Waals surface area contributed by atoms with Crippen molar-refractivity contribution in [3.63, 3.8) is 0 Å². The average Bonchev–Trinajstić information content (AvgIpc) is 0.918. The Kier molecular flexibility index (Phi) is 20.6. The van der Waals surface area contributed by atoms with Gasteiger partial charge < -0.3 is 0 Å². The third-order valence-electron chi connectivity index (χ3n) is 0. The first-order valence-corrected chi connectivity index (χ1v) is 1.00. The number of hydrogen-bond acceptors (Lipinski definition) is 2. The fourth-order valence-electron chi connectivity index (χ4n) is 0. The van der Waals surface area contributed by atoms with E-state index in [0.29, 0.717) is 0 Å². The zero-order chi connectivity index (χ0) is 2.71. The monoisotopic (exact) mass is 182 g/mol. The standard InChI is InChI=1S/In.O2S.3H/c;1-3-2;;;. The zero-order valence-electron chi connectivity index (χ0n) is 1.22. The van der Waals surface area contributed by atoms with Gasteiger partial charge in [-0.25, -0.2) is 0 Å². The molecular formula is H3InO2S. The van der Waals surface area contributed by atoms with Gasteiger partial charge in [-0.15, -0.1) is 0 Å². The molecule has 0 aliphatic heterocycles. The van der Waals surface area contributed by atoms with Crippen LogP contribution in [-0.4, -0.2) is 34.3 Å².